The minimum absolute atomic E-state index is 0.0648. The fourth-order valence-corrected chi connectivity index (χ4v) is 0.684. The first-order chi connectivity index (χ1) is 8.42. The van der Waals surface area contributed by atoms with Gasteiger partial charge in [-0.05, 0) is 12.5 Å². The topological polar surface area (TPSA) is 181 Å². The lowest BCUT2D eigenvalue weighted by Gasteiger charge is -2.29. The predicted octanol–water partition coefficient (Wildman–Crippen LogP) is -5.94. The van der Waals surface area contributed by atoms with Gasteiger partial charge in [-0.2, -0.15) is 0 Å². The summed E-state index contributed by atoms with van der Waals surface area (Å²) in [5, 5.41) is 48.4. The summed E-state index contributed by atoms with van der Waals surface area (Å²) in [7, 11) is 0. The third kappa shape index (κ3) is 9.30. The average molecular weight is 274 g/mol. The van der Waals surface area contributed by atoms with Gasteiger partial charge in [0.1, 0.15) is 5.60 Å². The lowest BCUT2D eigenvalue weighted by atomic mass is 9.96. The van der Waals surface area contributed by atoms with E-state index in [0.29, 0.717) is 0 Å². The van der Waals surface area contributed by atoms with Gasteiger partial charge < -0.3 is 44.7 Å². The summed E-state index contributed by atoms with van der Waals surface area (Å²) in [4.78, 5) is 39.5. The molecule has 0 rings (SSSR count). The molecule has 0 spiro atoms. The van der Waals surface area contributed by atoms with Crippen LogP contribution >= 0.6 is 0 Å². The van der Waals surface area contributed by atoms with E-state index in [4.69, 9.17) is 5.11 Å². The Balaban J connectivity index is 0. The highest BCUT2D eigenvalue weighted by atomic mass is 16.4. The van der Waals surface area contributed by atoms with Crippen molar-refractivity contribution in [2.24, 2.45) is 0 Å². The van der Waals surface area contributed by atoms with Crippen LogP contribution in [0.15, 0.2) is 12.2 Å². The van der Waals surface area contributed by atoms with E-state index in [1.807, 2.05) is 0 Å². The Morgan fingerprint density at radius 3 is 1.37 bits per heavy atom. The molecule has 0 atom stereocenters. The van der Waals surface area contributed by atoms with Gasteiger partial charge in [-0.1, -0.05) is 6.58 Å². The van der Waals surface area contributed by atoms with Gasteiger partial charge in [0.25, 0.3) is 0 Å². The van der Waals surface area contributed by atoms with Crippen molar-refractivity contribution in [1.29, 1.82) is 0 Å². The maximum Gasteiger partial charge on any atom is 0.114 e. The molecule has 0 heterocycles. The second kappa shape index (κ2) is 7.82. The Labute approximate surface area is 107 Å². The molecular weight excluding hydrogens is 264 g/mol. The van der Waals surface area contributed by atoms with Gasteiger partial charge >= 0.3 is 0 Å². The molecule has 0 aromatic heterocycles. The Hall–Kier alpha value is -2.42. The van der Waals surface area contributed by atoms with Crippen molar-refractivity contribution in [3.8, 4) is 0 Å². The zero-order valence-corrected chi connectivity index (χ0v) is 9.83. The van der Waals surface area contributed by atoms with Crippen LogP contribution in [0.2, 0.25) is 0 Å². The molecule has 0 aromatic carbocycles. The number of carboxylic acids is 4. The van der Waals surface area contributed by atoms with E-state index in [9.17, 15) is 39.6 Å². The summed E-state index contributed by atoms with van der Waals surface area (Å²) in [6.45, 7) is 4.48. The summed E-state index contributed by atoms with van der Waals surface area (Å²) >= 11 is 0. The number of aliphatic carboxylic acids is 4. The summed E-state index contributed by atoms with van der Waals surface area (Å²) in [6, 6.07) is 0. The molecule has 1 N–H and O–H groups in total. The van der Waals surface area contributed by atoms with Crippen molar-refractivity contribution in [1.82, 2.24) is 0 Å². The number of hydrogen-bond acceptors (Lipinski definition) is 9. The second-order valence-electron chi connectivity index (χ2n) is 3.48. The molecule has 0 bridgehead atoms. The fourth-order valence-electron chi connectivity index (χ4n) is 0.684. The molecule has 108 valence electrons. The van der Waals surface area contributed by atoms with E-state index in [-0.39, 0.29) is 5.57 Å². The van der Waals surface area contributed by atoms with E-state index < -0.39 is 42.3 Å². The largest absolute Gasteiger partial charge is 0.550 e. The smallest absolute Gasteiger partial charge is 0.114 e. The zero-order chi connectivity index (χ0) is 15.8. The Kier molecular flexibility index (Phi) is 7.79. The zero-order valence-electron chi connectivity index (χ0n) is 9.83. The first kappa shape index (κ1) is 18.9. The number of hydrogen-bond donors (Lipinski definition) is 1. The van der Waals surface area contributed by atoms with E-state index in [2.05, 4.69) is 6.58 Å². The first-order valence-electron chi connectivity index (χ1n) is 4.62. The van der Waals surface area contributed by atoms with E-state index in [1.165, 1.54) is 6.92 Å². The number of carbonyl (C=O) groups is 4. The molecule has 9 nitrogen and oxygen atoms in total. The minimum atomic E-state index is -2.97. The van der Waals surface area contributed by atoms with Crippen molar-refractivity contribution in [3.63, 3.8) is 0 Å². The standard InChI is InChI=1S/C6H8O7.C4H6O2/c7-3(8)1-6(13,5(11)12)2-4(9)10;1-3(2)4(5)6/h13H,1-2H2,(H,7,8)(H,9,10)(H,11,12);1H2,2H3,(H,5,6)/p-4. The van der Waals surface area contributed by atoms with Crippen molar-refractivity contribution in [2.45, 2.75) is 25.4 Å². The maximum atomic E-state index is 10.1. The van der Waals surface area contributed by atoms with Gasteiger partial charge in [0, 0.05) is 24.8 Å². The van der Waals surface area contributed by atoms with Crippen LogP contribution in [0.1, 0.15) is 19.8 Å². The lowest BCUT2D eigenvalue weighted by Crippen LogP contribution is -2.54. The summed E-state index contributed by atoms with van der Waals surface area (Å²) in [5.74, 6) is -7.17. The van der Waals surface area contributed by atoms with Gasteiger partial charge in [-0.3, -0.25) is 0 Å². The molecule has 0 unspecified atom stereocenters. The Morgan fingerprint density at radius 1 is 1.00 bits per heavy atom. The molecule has 0 radical (unpaired) electrons. The number of aliphatic hydroxyl groups is 1. The van der Waals surface area contributed by atoms with Crippen LogP contribution in [0.4, 0.5) is 0 Å². The minimum Gasteiger partial charge on any atom is -0.550 e. The van der Waals surface area contributed by atoms with Crippen LogP contribution in [0.25, 0.3) is 0 Å². The van der Waals surface area contributed by atoms with Gasteiger partial charge in [-0.15, -0.1) is 0 Å². The van der Waals surface area contributed by atoms with Gasteiger partial charge in [0.15, 0.2) is 0 Å². The number of carbonyl (C=O) groups excluding carboxylic acids is 4. The van der Waals surface area contributed by atoms with Crippen molar-refractivity contribution in [3.05, 3.63) is 12.2 Å². The third-order valence-corrected chi connectivity index (χ3v) is 1.60. The van der Waals surface area contributed by atoms with Gasteiger partial charge in [0.2, 0.25) is 0 Å². The van der Waals surface area contributed by atoms with Gasteiger partial charge in [-0.25, -0.2) is 0 Å². The Morgan fingerprint density at radius 2 is 1.26 bits per heavy atom. The summed E-state index contributed by atoms with van der Waals surface area (Å²) < 4.78 is 0. The summed E-state index contributed by atoms with van der Waals surface area (Å²) in [5.41, 5.74) is -2.91. The second-order valence-corrected chi connectivity index (χ2v) is 3.48. The summed E-state index contributed by atoms with van der Waals surface area (Å²) in [6.07, 6.45) is -2.72. The first-order valence-corrected chi connectivity index (χ1v) is 4.62. The molecular formula is C10H10O9-4. The highest BCUT2D eigenvalue weighted by molar-refractivity contribution is 5.86. The molecule has 0 saturated carbocycles. The van der Waals surface area contributed by atoms with Crippen LogP contribution in [0, 0.1) is 0 Å². The van der Waals surface area contributed by atoms with Crippen LogP contribution in [0.3, 0.4) is 0 Å². The molecule has 0 aliphatic heterocycles. The molecule has 9 heteroatoms. The average Bonchev–Trinajstić information content (AvgIpc) is 2.14. The monoisotopic (exact) mass is 274 g/mol. The molecule has 0 fully saturated rings. The van der Waals surface area contributed by atoms with Gasteiger partial charge in [0.05, 0.1) is 11.9 Å². The van der Waals surface area contributed by atoms with Crippen molar-refractivity contribution >= 4 is 23.9 Å². The Bertz CT molecular complexity index is 368. The van der Waals surface area contributed by atoms with E-state index >= 15 is 0 Å². The van der Waals surface area contributed by atoms with Crippen LogP contribution < -0.4 is 20.4 Å². The molecule has 0 aliphatic carbocycles. The lowest BCUT2D eigenvalue weighted by molar-refractivity contribution is -0.339. The number of carboxylic acid groups (broad SMARTS) is 4. The third-order valence-electron chi connectivity index (χ3n) is 1.60. The molecule has 0 aromatic rings. The quantitative estimate of drug-likeness (QED) is 0.461. The van der Waals surface area contributed by atoms with Crippen LogP contribution in [-0.4, -0.2) is 34.6 Å². The normalized spacial score (nSPS) is 9.79. The molecule has 0 amide bonds. The number of rotatable bonds is 6. The van der Waals surface area contributed by atoms with E-state index in [0.717, 1.165) is 0 Å². The molecule has 0 saturated heterocycles. The van der Waals surface area contributed by atoms with Crippen LogP contribution in [0.5, 0.6) is 0 Å². The molecule has 19 heavy (non-hydrogen) atoms. The van der Waals surface area contributed by atoms with E-state index in [1.54, 1.807) is 0 Å². The highest BCUT2D eigenvalue weighted by Crippen LogP contribution is 2.13. The maximum absolute atomic E-state index is 10.1. The van der Waals surface area contributed by atoms with Crippen molar-refractivity contribution < 1.29 is 44.7 Å². The SMILES string of the molecule is C=C(C)C(=O)[O-].O=C([O-])CC(O)(CC(=O)[O-])C(=O)[O-]. The van der Waals surface area contributed by atoms with Crippen molar-refractivity contribution in [2.75, 3.05) is 0 Å². The predicted molar refractivity (Wildman–Crippen MR) is 49.0 cm³/mol. The molecule has 0 aliphatic rings. The van der Waals surface area contributed by atoms with Crippen LogP contribution in [-0.2, 0) is 19.2 Å². The highest BCUT2D eigenvalue weighted by Gasteiger charge is 2.29. The fraction of sp³-hybridized carbons (Fsp3) is 0.400.